The number of carbonyl (C=O) groups excluding carboxylic acids is 1. The van der Waals surface area contributed by atoms with E-state index >= 15 is 0 Å². The second-order valence-corrected chi connectivity index (χ2v) is 9.98. The summed E-state index contributed by atoms with van der Waals surface area (Å²) in [6.07, 6.45) is 0. The fraction of sp³-hybridized carbons (Fsp3) is 0.316. The minimum atomic E-state index is -3.97. The maximum absolute atomic E-state index is 13.2. The van der Waals surface area contributed by atoms with Gasteiger partial charge in [0.05, 0.1) is 4.90 Å². The number of hydroxylamine groups is 1. The summed E-state index contributed by atoms with van der Waals surface area (Å²) in [5.41, 5.74) is 0.717. The van der Waals surface area contributed by atoms with E-state index in [-0.39, 0.29) is 11.4 Å². The van der Waals surface area contributed by atoms with Gasteiger partial charge in [0.15, 0.2) is 0 Å². The molecule has 1 heterocycles. The smallest absolute Gasteiger partial charge is 0.263 e. The first-order valence-corrected chi connectivity index (χ1v) is 11.1. The largest absolute Gasteiger partial charge is 0.457 e. The minimum Gasteiger partial charge on any atom is -0.457 e. The Hall–Kier alpha value is -1.98. The number of ether oxygens (including phenoxy) is 1. The fourth-order valence-electron chi connectivity index (χ4n) is 3.31. The molecule has 0 spiro atoms. The molecular weight excluding hydrogens is 462 g/mol. The topological polar surface area (TPSA) is 108 Å². The van der Waals surface area contributed by atoms with E-state index in [1.54, 1.807) is 43.6 Å². The van der Waals surface area contributed by atoms with Gasteiger partial charge in [-0.05, 0) is 62.4 Å². The Morgan fingerprint density at radius 3 is 2.28 bits per heavy atom. The van der Waals surface area contributed by atoms with Crippen LogP contribution in [0.4, 0.5) is 0 Å². The maximum atomic E-state index is 13.2. The van der Waals surface area contributed by atoms with E-state index in [9.17, 15) is 13.2 Å². The number of nitrogens with one attached hydrogen (secondary N) is 2. The third kappa shape index (κ3) is 4.62. The van der Waals surface area contributed by atoms with Crippen LogP contribution in [-0.4, -0.2) is 48.5 Å². The Morgan fingerprint density at radius 2 is 1.72 bits per heavy atom. The van der Waals surface area contributed by atoms with Crippen molar-refractivity contribution in [1.29, 1.82) is 0 Å². The van der Waals surface area contributed by atoms with Crippen molar-refractivity contribution < 1.29 is 23.2 Å². The Balaban J connectivity index is 1.86. The summed E-state index contributed by atoms with van der Waals surface area (Å²) in [6, 6.07) is 12.1. The molecule has 2 aromatic rings. The summed E-state index contributed by atoms with van der Waals surface area (Å²) >= 11 is 3.35. The quantitative estimate of drug-likeness (QED) is 0.445. The lowest BCUT2D eigenvalue weighted by Crippen LogP contribution is -2.69. The molecule has 8 nitrogen and oxygen atoms in total. The molecule has 3 N–H and O–H groups in total. The summed E-state index contributed by atoms with van der Waals surface area (Å²) in [5, 5.41) is 12.2. The molecule has 3 rings (SSSR count). The molecule has 0 saturated carbocycles. The van der Waals surface area contributed by atoms with Crippen molar-refractivity contribution in [2.45, 2.75) is 30.3 Å². The lowest BCUT2D eigenvalue weighted by molar-refractivity contribution is -0.136. The van der Waals surface area contributed by atoms with Crippen LogP contribution in [0, 0.1) is 0 Å². The monoisotopic (exact) mass is 483 g/mol. The van der Waals surface area contributed by atoms with Gasteiger partial charge in [-0.25, -0.2) is 13.9 Å². The zero-order valence-electron chi connectivity index (χ0n) is 15.9. The number of amides is 1. The van der Waals surface area contributed by atoms with Crippen molar-refractivity contribution in [3.05, 3.63) is 53.0 Å². The van der Waals surface area contributed by atoms with E-state index in [0.29, 0.717) is 18.0 Å². The molecule has 0 bridgehead atoms. The average Bonchev–Trinajstić information content (AvgIpc) is 2.68. The zero-order valence-corrected chi connectivity index (χ0v) is 18.3. The fourth-order valence-corrected chi connectivity index (χ4v) is 5.29. The molecule has 2 aromatic carbocycles. The summed E-state index contributed by atoms with van der Waals surface area (Å²) < 4.78 is 34.2. The number of nitrogens with zero attached hydrogens (tertiary/aromatic N) is 1. The molecule has 1 unspecified atom stereocenters. The second-order valence-electron chi connectivity index (χ2n) is 7.17. The van der Waals surface area contributed by atoms with Crippen molar-refractivity contribution in [3.8, 4) is 11.5 Å². The van der Waals surface area contributed by atoms with Crippen LogP contribution in [0.25, 0.3) is 0 Å². The number of carbonyl (C=O) groups is 1. The molecule has 10 heteroatoms. The third-order valence-corrected chi connectivity index (χ3v) is 7.13. The van der Waals surface area contributed by atoms with E-state index < -0.39 is 27.5 Å². The number of hydrogen-bond acceptors (Lipinski definition) is 6. The number of halogens is 1. The van der Waals surface area contributed by atoms with Crippen LogP contribution in [0.3, 0.4) is 0 Å². The molecule has 0 aliphatic carbocycles. The van der Waals surface area contributed by atoms with Crippen LogP contribution in [-0.2, 0) is 14.8 Å². The van der Waals surface area contributed by atoms with Crippen molar-refractivity contribution in [1.82, 2.24) is 15.1 Å². The molecule has 156 valence electrons. The maximum Gasteiger partial charge on any atom is 0.263 e. The minimum absolute atomic E-state index is 0.0362. The highest BCUT2D eigenvalue weighted by Gasteiger charge is 2.47. The van der Waals surface area contributed by atoms with Gasteiger partial charge in [-0.3, -0.25) is 10.0 Å². The van der Waals surface area contributed by atoms with Gasteiger partial charge in [0.1, 0.15) is 17.5 Å². The van der Waals surface area contributed by atoms with Crippen LogP contribution in [0.1, 0.15) is 13.8 Å². The van der Waals surface area contributed by atoms with Gasteiger partial charge in [-0.2, -0.15) is 4.31 Å². The van der Waals surface area contributed by atoms with Gasteiger partial charge in [-0.15, -0.1) is 0 Å². The number of benzene rings is 2. The van der Waals surface area contributed by atoms with E-state index in [4.69, 9.17) is 9.94 Å². The normalized spacial score (nSPS) is 19.5. The van der Waals surface area contributed by atoms with Gasteiger partial charge in [-0.1, -0.05) is 15.9 Å². The molecule has 1 aliphatic rings. The number of sulfonamides is 1. The molecule has 1 fully saturated rings. The predicted molar refractivity (Wildman–Crippen MR) is 110 cm³/mol. The SMILES string of the molecule is CC1(C)NCCN(S(=O)(=O)c2ccc(Oc3ccc(Br)cc3)cc2)C1C(=O)NO. The first-order valence-electron chi connectivity index (χ1n) is 8.89. The molecule has 1 aliphatic heterocycles. The van der Waals surface area contributed by atoms with E-state index in [1.807, 2.05) is 12.1 Å². The van der Waals surface area contributed by atoms with Gasteiger partial charge in [0, 0.05) is 23.1 Å². The second kappa shape index (κ2) is 8.41. The van der Waals surface area contributed by atoms with Crippen LogP contribution in [0.2, 0.25) is 0 Å². The molecule has 1 amide bonds. The van der Waals surface area contributed by atoms with Gasteiger partial charge >= 0.3 is 0 Å². The van der Waals surface area contributed by atoms with Crippen LogP contribution < -0.4 is 15.5 Å². The van der Waals surface area contributed by atoms with Gasteiger partial charge in [0.2, 0.25) is 10.0 Å². The van der Waals surface area contributed by atoms with E-state index in [0.717, 1.165) is 8.78 Å². The highest BCUT2D eigenvalue weighted by molar-refractivity contribution is 9.10. The number of rotatable bonds is 5. The van der Waals surface area contributed by atoms with Gasteiger partial charge in [0.25, 0.3) is 5.91 Å². The molecule has 29 heavy (non-hydrogen) atoms. The predicted octanol–water partition coefficient (Wildman–Crippen LogP) is 2.49. The van der Waals surface area contributed by atoms with Crippen molar-refractivity contribution in [3.63, 3.8) is 0 Å². The van der Waals surface area contributed by atoms with Crippen LogP contribution in [0.15, 0.2) is 57.9 Å². The van der Waals surface area contributed by atoms with Crippen molar-refractivity contribution in [2.75, 3.05) is 13.1 Å². The zero-order chi connectivity index (χ0) is 21.2. The number of piperazine rings is 1. The molecule has 1 saturated heterocycles. The molecule has 0 aromatic heterocycles. The highest BCUT2D eigenvalue weighted by atomic mass is 79.9. The van der Waals surface area contributed by atoms with Crippen molar-refractivity contribution >= 4 is 31.9 Å². The van der Waals surface area contributed by atoms with Crippen LogP contribution >= 0.6 is 15.9 Å². The first kappa shape index (κ1) is 21.7. The summed E-state index contributed by atoms with van der Waals surface area (Å²) in [5.74, 6) is 0.310. The van der Waals surface area contributed by atoms with Gasteiger partial charge < -0.3 is 10.1 Å². The molecule has 1 atom stereocenters. The average molecular weight is 484 g/mol. The third-order valence-electron chi connectivity index (χ3n) is 4.72. The standard InChI is InChI=1S/C19H22BrN3O5S/c1-19(2)17(18(24)22-25)23(12-11-21-19)29(26,27)16-9-7-15(8-10-16)28-14-5-3-13(20)4-6-14/h3-10,17,21,25H,11-12H2,1-2H3,(H,22,24). The van der Waals surface area contributed by atoms with E-state index in [1.165, 1.54) is 12.1 Å². The van der Waals surface area contributed by atoms with Crippen LogP contribution in [0.5, 0.6) is 11.5 Å². The molecule has 0 radical (unpaired) electrons. The highest BCUT2D eigenvalue weighted by Crippen LogP contribution is 2.29. The van der Waals surface area contributed by atoms with E-state index in [2.05, 4.69) is 21.2 Å². The number of hydrogen-bond donors (Lipinski definition) is 3. The Labute approximate surface area is 178 Å². The molecular formula is C19H22BrN3O5S. The lowest BCUT2D eigenvalue weighted by atomic mass is 9.92. The summed E-state index contributed by atoms with van der Waals surface area (Å²) in [7, 11) is -3.97. The summed E-state index contributed by atoms with van der Waals surface area (Å²) in [4.78, 5) is 12.3. The first-order chi connectivity index (χ1) is 13.6. The van der Waals surface area contributed by atoms with Crippen molar-refractivity contribution in [2.24, 2.45) is 0 Å². The Kier molecular flexibility index (Phi) is 6.30. The Bertz CT molecular complexity index is 978. The summed E-state index contributed by atoms with van der Waals surface area (Å²) in [6.45, 7) is 3.90. The lowest BCUT2D eigenvalue weighted by Gasteiger charge is -2.44. The Morgan fingerprint density at radius 1 is 1.17 bits per heavy atom.